The van der Waals surface area contributed by atoms with Crippen LogP contribution in [0.5, 0.6) is 5.75 Å². The fourth-order valence-electron chi connectivity index (χ4n) is 1.58. The number of sulfonamides is 1. The first kappa shape index (κ1) is 17.8. The standard InChI is InChI=1S/C13H20FNO5S/c1-13(2,20-8-7-16)9-15-21(17,18)11-6-4-5-10(19-3)12(11)14/h4-6,15-16H,7-9H2,1-3H3. The van der Waals surface area contributed by atoms with Crippen LogP contribution in [0.2, 0.25) is 0 Å². The number of rotatable bonds is 8. The van der Waals surface area contributed by atoms with Crippen molar-refractivity contribution in [2.75, 3.05) is 26.9 Å². The number of nitrogens with one attached hydrogen (secondary N) is 1. The number of hydrogen-bond donors (Lipinski definition) is 2. The average Bonchev–Trinajstić information content (AvgIpc) is 2.43. The van der Waals surface area contributed by atoms with Crippen molar-refractivity contribution in [1.82, 2.24) is 4.72 Å². The Morgan fingerprint density at radius 3 is 2.62 bits per heavy atom. The molecule has 0 heterocycles. The smallest absolute Gasteiger partial charge is 0.243 e. The fraction of sp³-hybridized carbons (Fsp3) is 0.538. The van der Waals surface area contributed by atoms with E-state index in [0.29, 0.717) is 0 Å². The van der Waals surface area contributed by atoms with Gasteiger partial charge in [-0.25, -0.2) is 17.5 Å². The molecule has 0 spiro atoms. The Morgan fingerprint density at radius 2 is 2.05 bits per heavy atom. The van der Waals surface area contributed by atoms with Crippen LogP contribution in [0, 0.1) is 5.82 Å². The number of methoxy groups -OCH3 is 1. The minimum absolute atomic E-state index is 0.0635. The van der Waals surface area contributed by atoms with E-state index in [1.165, 1.54) is 19.2 Å². The van der Waals surface area contributed by atoms with Crippen LogP contribution < -0.4 is 9.46 Å². The van der Waals surface area contributed by atoms with E-state index in [9.17, 15) is 12.8 Å². The molecule has 0 aliphatic rings. The van der Waals surface area contributed by atoms with Crippen LogP contribution in [0.4, 0.5) is 4.39 Å². The van der Waals surface area contributed by atoms with Gasteiger partial charge in [-0.2, -0.15) is 0 Å². The molecule has 6 nitrogen and oxygen atoms in total. The van der Waals surface area contributed by atoms with Crippen LogP contribution in [0.25, 0.3) is 0 Å². The van der Waals surface area contributed by atoms with Gasteiger partial charge in [0, 0.05) is 6.54 Å². The number of benzene rings is 1. The van der Waals surface area contributed by atoms with Crippen molar-refractivity contribution in [2.45, 2.75) is 24.3 Å². The summed E-state index contributed by atoms with van der Waals surface area (Å²) in [4.78, 5) is -0.486. The van der Waals surface area contributed by atoms with Gasteiger partial charge in [0.2, 0.25) is 10.0 Å². The van der Waals surface area contributed by atoms with Crippen molar-refractivity contribution >= 4 is 10.0 Å². The van der Waals surface area contributed by atoms with Gasteiger partial charge in [0.05, 0.1) is 25.9 Å². The summed E-state index contributed by atoms with van der Waals surface area (Å²) in [5.41, 5.74) is -0.828. The second kappa shape index (κ2) is 7.17. The number of aliphatic hydroxyl groups is 1. The zero-order valence-corrected chi connectivity index (χ0v) is 13.0. The first-order valence-corrected chi connectivity index (χ1v) is 7.79. The lowest BCUT2D eigenvalue weighted by molar-refractivity contribution is -0.0286. The quantitative estimate of drug-likeness (QED) is 0.743. The summed E-state index contributed by atoms with van der Waals surface area (Å²) in [5.74, 6) is -1.09. The SMILES string of the molecule is COc1cccc(S(=O)(=O)NCC(C)(C)OCCO)c1F. The van der Waals surface area contributed by atoms with Gasteiger partial charge in [-0.15, -0.1) is 0 Å². The van der Waals surface area contributed by atoms with Crippen LogP contribution >= 0.6 is 0 Å². The van der Waals surface area contributed by atoms with Gasteiger partial charge in [-0.3, -0.25) is 0 Å². The van der Waals surface area contributed by atoms with E-state index in [1.807, 2.05) is 0 Å². The Hall–Kier alpha value is -1.22. The molecule has 0 saturated heterocycles. The molecule has 0 saturated carbocycles. The number of aliphatic hydroxyl groups excluding tert-OH is 1. The average molecular weight is 321 g/mol. The number of halogens is 1. The Balaban J connectivity index is 2.88. The maximum Gasteiger partial charge on any atom is 0.243 e. The van der Waals surface area contributed by atoms with Crippen molar-refractivity contribution in [3.05, 3.63) is 24.0 Å². The lowest BCUT2D eigenvalue weighted by Gasteiger charge is -2.25. The molecule has 21 heavy (non-hydrogen) atoms. The van der Waals surface area contributed by atoms with Gasteiger partial charge < -0.3 is 14.6 Å². The molecule has 8 heteroatoms. The molecule has 1 rings (SSSR count). The molecule has 0 aromatic heterocycles. The highest BCUT2D eigenvalue weighted by Gasteiger charge is 2.26. The van der Waals surface area contributed by atoms with Crippen LogP contribution in [0.3, 0.4) is 0 Å². The second-order valence-corrected chi connectivity index (χ2v) is 6.66. The molecule has 0 unspecified atom stereocenters. The molecular weight excluding hydrogens is 301 g/mol. The lowest BCUT2D eigenvalue weighted by atomic mass is 10.1. The largest absolute Gasteiger partial charge is 0.494 e. The summed E-state index contributed by atoms with van der Waals surface area (Å²) in [7, 11) is -2.77. The summed E-state index contributed by atoms with van der Waals surface area (Å²) in [5, 5.41) is 8.70. The molecule has 0 amide bonds. The third-order valence-corrected chi connectivity index (χ3v) is 4.13. The molecule has 1 aromatic rings. The van der Waals surface area contributed by atoms with Gasteiger partial charge >= 0.3 is 0 Å². The Labute approximate surface area is 123 Å². The van der Waals surface area contributed by atoms with Crippen molar-refractivity contribution in [1.29, 1.82) is 0 Å². The minimum atomic E-state index is -4.03. The Morgan fingerprint density at radius 1 is 1.38 bits per heavy atom. The zero-order chi connectivity index (χ0) is 16.1. The highest BCUT2D eigenvalue weighted by atomic mass is 32.2. The highest BCUT2D eigenvalue weighted by Crippen LogP contribution is 2.23. The van der Waals surface area contributed by atoms with E-state index in [0.717, 1.165) is 6.07 Å². The summed E-state index contributed by atoms with van der Waals surface area (Å²) in [6.07, 6.45) is 0. The second-order valence-electron chi connectivity index (χ2n) is 4.93. The molecular formula is C13H20FNO5S. The van der Waals surface area contributed by atoms with Gasteiger partial charge in [0.1, 0.15) is 4.90 Å². The molecule has 2 N–H and O–H groups in total. The monoisotopic (exact) mass is 321 g/mol. The minimum Gasteiger partial charge on any atom is -0.494 e. The normalized spacial score (nSPS) is 12.4. The molecule has 0 aliphatic carbocycles. The number of hydrogen-bond acceptors (Lipinski definition) is 5. The summed E-state index contributed by atoms with van der Waals surface area (Å²) >= 11 is 0. The highest BCUT2D eigenvalue weighted by molar-refractivity contribution is 7.89. The van der Waals surface area contributed by atoms with Crippen LogP contribution in [-0.2, 0) is 14.8 Å². The van der Waals surface area contributed by atoms with Crippen molar-refractivity contribution < 1.29 is 27.4 Å². The third-order valence-electron chi connectivity index (χ3n) is 2.71. The molecule has 0 aliphatic heterocycles. The fourth-order valence-corrected chi connectivity index (χ4v) is 2.86. The molecule has 0 atom stereocenters. The Bertz CT molecular complexity index is 574. The van der Waals surface area contributed by atoms with Gasteiger partial charge in [-0.1, -0.05) is 6.07 Å². The molecule has 120 valence electrons. The first-order valence-electron chi connectivity index (χ1n) is 6.30. The van der Waals surface area contributed by atoms with E-state index in [2.05, 4.69) is 4.72 Å². The summed E-state index contributed by atoms with van der Waals surface area (Å²) in [6, 6.07) is 3.88. The number of ether oxygens (including phenoxy) is 2. The van der Waals surface area contributed by atoms with Crippen molar-refractivity contribution in [2.24, 2.45) is 0 Å². The summed E-state index contributed by atoms with van der Waals surface area (Å²) in [6.45, 7) is 3.18. The molecule has 0 fully saturated rings. The zero-order valence-electron chi connectivity index (χ0n) is 12.2. The third kappa shape index (κ3) is 4.92. The first-order chi connectivity index (χ1) is 9.73. The lowest BCUT2D eigenvalue weighted by Crippen LogP contribution is -2.41. The van der Waals surface area contributed by atoms with E-state index < -0.39 is 26.3 Å². The van der Waals surface area contributed by atoms with E-state index in [-0.39, 0.29) is 25.5 Å². The Kier molecular flexibility index (Phi) is 6.09. The van der Waals surface area contributed by atoms with Crippen LogP contribution in [0.1, 0.15) is 13.8 Å². The molecule has 1 aromatic carbocycles. The van der Waals surface area contributed by atoms with Crippen molar-refractivity contribution in [3.8, 4) is 5.75 Å². The predicted molar refractivity (Wildman–Crippen MR) is 75.3 cm³/mol. The van der Waals surface area contributed by atoms with Crippen molar-refractivity contribution in [3.63, 3.8) is 0 Å². The maximum atomic E-state index is 14.0. The van der Waals surface area contributed by atoms with Gasteiger partial charge in [0.25, 0.3) is 0 Å². The van der Waals surface area contributed by atoms with Crippen LogP contribution in [-0.4, -0.2) is 46.0 Å². The molecule has 0 bridgehead atoms. The molecule has 0 radical (unpaired) electrons. The maximum absolute atomic E-state index is 14.0. The van der Waals surface area contributed by atoms with Gasteiger partial charge in [-0.05, 0) is 26.0 Å². The van der Waals surface area contributed by atoms with Gasteiger partial charge in [0.15, 0.2) is 11.6 Å². The van der Waals surface area contributed by atoms with E-state index in [4.69, 9.17) is 14.6 Å². The van der Waals surface area contributed by atoms with E-state index >= 15 is 0 Å². The van der Waals surface area contributed by atoms with Crippen LogP contribution in [0.15, 0.2) is 23.1 Å². The van der Waals surface area contributed by atoms with E-state index in [1.54, 1.807) is 13.8 Å². The summed E-state index contributed by atoms with van der Waals surface area (Å²) < 4.78 is 50.6. The topological polar surface area (TPSA) is 84.9 Å². The predicted octanol–water partition coefficient (Wildman–Crippen LogP) is 0.900.